The van der Waals surface area contributed by atoms with Crippen LogP contribution in [-0.2, 0) is 6.61 Å². The van der Waals surface area contributed by atoms with Crippen molar-refractivity contribution in [1.82, 2.24) is 15.2 Å². The number of rotatable bonds is 5. The average Bonchev–Trinajstić information content (AvgIpc) is 3.33. The van der Waals surface area contributed by atoms with Gasteiger partial charge in [-0.1, -0.05) is 18.2 Å². The number of benzene rings is 2. The maximum Gasteiger partial charge on any atom is 0.247 e. The second-order valence-electron chi connectivity index (χ2n) is 5.07. The van der Waals surface area contributed by atoms with Crippen LogP contribution < -0.4 is 4.74 Å². The number of nitrogens with zero attached hydrogens (tertiary/aromatic N) is 3. The molecule has 0 amide bonds. The van der Waals surface area contributed by atoms with Crippen molar-refractivity contribution < 1.29 is 13.6 Å². The Kier molecular flexibility index (Phi) is 3.77. The first kappa shape index (κ1) is 14.2. The van der Waals surface area contributed by atoms with Gasteiger partial charge in [-0.05, 0) is 36.4 Å². The fraction of sp³-hybridized carbons (Fsp3) is 0.0556. The lowest BCUT2D eigenvalue weighted by atomic mass is 10.2. The third-order valence-corrected chi connectivity index (χ3v) is 3.42. The minimum absolute atomic E-state index is 0.330. The molecule has 118 valence electrons. The molecule has 24 heavy (non-hydrogen) atoms. The van der Waals surface area contributed by atoms with Crippen molar-refractivity contribution in [2.75, 3.05) is 0 Å². The van der Waals surface area contributed by atoms with E-state index in [0.717, 1.165) is 22.6 Å². The van der Waals surface area contributed by atoms with Crippen LogP contribution in [-0.4, -0.2) is 15.2 Å². The minimum Gasteiger partial charge on any atom is -0.487 e. The molecule has 0 saturated heterocycles. The van der Waals surface area contributed by atoms with E-state index < -0.39 is 0 Å². The van der Waals surface area contributed by atoms with Gasteiger partial charge in [0.25, 0.3) is 0 Å². The molecule has 6 heteroatoms. The van der Waals surface area contributed by atoms with Crippen LogP contribution in [0, 0.1) is 0 Å². The van der Waals surface area contributed by atoms with Gasteiger partial charge >= 0.3 is 0 Å². The highest BCUT2D eigenvalue weighted by Crippen LogP contribution is 2.22. The van der Waals surface area contributed by atoms with Crippen LogP contribution in [0.4, 0.5) is 0 Å². The van der Waals surface area contributed by atoms with E-state index in [4.69, 9.17) is 13.6 Å². The molecule has 0 aliphatic rings. The third-order valence-electron chi connectivity index (χ3n) is 3.42. The van der Waals surface area contributed by atoms with Crippen LogP contribution in [0.1, 0.15) is 5.69 Å². The summed E-state index contributed by atoms with van der Waals surface area (Å²) in [5.41, 5.74) is 2.51. The number of aromatic nitrogens is 3. The van der Waals surface area contributed by atoms with Gasteiger partial charge in [0.2, 0.25) is 18.2 Å². The number of hydrogen-bond donors (Lipinski definition) is 0. The highest BCUT2D eigenvalue weighted by atomic mass is 16.5. The minimum atomic E-state index is 0.330. The maximum atomic E-state index is 5.72. The summed E-state index contributed by atoms with van der Waals surface area (Å²) in [7, 11) is 0. The molecule has 0 atom stereocenters. The zero-order valence-electron chi connectivity index (χ0n) is 12.6. The fourth-order valence-corrected chi connectivity index (χ4v) is 2.24. The van der Waals surface area contributed by atoms with Gasteiger partial charge in [-0.15, -0.1) is 10.2 Å². The van der Waals surface area contributed by atoms with E-state index in [0.29, 0.717) is 18.4 Å². The Balaban J connectivity index is 1.41. The Morgan fingerprint density at radius 3 is 2.38 bits per heavy atom. The summed E-state index contributed by atoms with van der Waals surface area (Å²) in [6, 6.07) is 17.2. The summed E-state index contributed by atoms with van der Waals surface area (Å²) in [5, 5.41) is 7.52. The first-order valence-electron chi connectivity index (χ1n) is 7.38. The SMILES string of the molecule is c1ccc(-c2nc(COc3ccc(-c4nnco4)cc3)co2)cc1. The molecule has 0 unspecified atom stereocenters. The monoisotopic (exact) mass is 319 g/mol. The molecule has 0 N–H and O–H groups in total. The Labute approximate surface area is 137 Å². The van der Waals surface area contributed by atoms with E-state index in [-0.39, 0.29) is 0 Å². The summed E-state index contributed by atoms with van der Waals surface area (Å²) >= 11 is 0. The zero-order valence-corrected chi connectivity index (χ0v) is 12.6. The lowest BCUT2D eigenvalue weighted by molar-refractivity contribution is 0.301. The van der Waals surface area contributed by atoms with Crippen molar-refractivity contribution in [2.45, 2.75) is 6.61 Å². The molecular formula is C18H13N3O3. The van der Waals surface area contributed by atoms with Crippen molar-refractivity contribution in [3.8, 4) is 28.7 Å². The zero-order chi connectivity index (χ0) is 16.2. The number of ether oxygens (including phenoxy) is 1. The largest absolute Gasteiger partial charge is 0.487 e. The first-order valence-corrected chi connectivity index (χ1v) is 7.38. The van der Waals surface area contributed by atoms with E-state index in [1.54, 1.807) is 6.26 Å². The van der Waals surface area contributed by atoms with E-state index in [1.165, 1.54) is 6.39 Å². The van der Waals surface area contributed by atoms with Crippen molar-refractivity contribution in [2.24, 2.45) is 0 Å². The fourth-order valence-electron chi connectivity index (χ4n) is 2.24. The molecule has 6 nitrogen and oxygen atoms in total. The second-order valence-corrected chi connectivity index (χ2v) is 5.07. The normalized spacial score (nSPS) is 10.7. The second kappa shape index (κ2) is 6.37. The Hall–Kier alpha value is -3.41. The predicted molar refractivity (Wildman–Crippen MR) is 86.0 cm³/mol. The summed E-state index contributed by atoms with van der Waals surface area (Å²) in [4.78, 5) is 4.43. The van der Waals surface area contributed by atoms with Crippen LogP contribution in [0.25, 0.3) is 22.9 Å². The summed E-state index contributed by atoms with van der Waals surface area (Å²) in [6.45, 7) is 0.330. The van der Waals surface area contributed by atoms with Crippen LogP contribution in [0.15, 0.2) is 76.1 Å². The molecular weight excluding hydrogens is 306 g/mol. The van der Waals surface area contributed by atoms with E-state index in [1.807, 2.05) is 54.6 Å². The standard InChI is InChI=1S/C18H13N3O3/c1-2-4-13(5-3-1)17-20-15(11-23-17)10-22-16-8-6-14(7-9-16)18-21-19-12-24-18/h1-9,11-12H,10H2. The molecule has 2 aromatic carbocycles. The van der Waals surface area contributed by atoms with Crippen molar-refractivity contribution in [3.05, 3.63) is 72.9 Å². The van der Waals surface area contributed by atoms with Gasteiger partial charge in [0.15, 0.2) is 0 Å². The number of oxazole rings is 1. The molecule has 0 bridgehead atoms. The molecule has 2 heterocycles. The third kappa shape index (κ3) is 3.03. The molecule has 0 aliphatic heterocycles. The highest BCUT2D eigenvalue weighted by molar-refractivity contribution is 5.54. The molecule has 0 aliphatic carbocycles. The summed E-state index contributed by atoms with van der Waals surface area (Å²) in [5.74, 6) is 1.79. The van der Waals surface area contributed by atoms with E-state index in [2.05, 4.69) is 15.2 Å². The van der Waals surface area contributed by atoms with Gasteiger partial charge in [-0.25, -0.2) is 4.98 Å². The van der Waals surface area contributed by atoms with E-state index >= 15 is 0 Å². The van der Waals surface area contributed by atoms with Gasteiger partial charge in [0.1, 0.15) is 24.3 Å². The Morgan fingerprint density at radius 1 is 0.833 bits per heavy atom. The Morgan fingerprint density at radius 2 is 1.62 bits per heavy atom. The maximum absolute atomic E-state index is 5.72. The van der Waals surface area contributed by atoms with Crippen molar-refractivity contribution in [3.63, 3.8) is 0 Å². The van der Waals surface area contributed by atoms with Crippen LogP contribution in [0.5, 0.6) is 5.75 Å². The lowest BCUT2D eigenvalue weighted by Crippen LogP contribution is -1.95. The predicted octanol–water partition coefficient (Wildman–Crippen LogP) is 3.97. The smallest absolute Gasteiger partial charge is 0.247 e. The quantitative estimate of drug-likeness (QED) is 0.554. The van der Waals surface area contributed by atoms with Crippen LogP contribution in [0.2, 0.25) is 0 Å². The van der Waals surface area contributed by atoms with Gasteiger partial charge in [-0.3, -0.25) is 0 Å². The summed E-state index contributed by atoms with van der Waals surface area (Å²) < 4.78 is 16.4. The summed E-state index contributed by atoms with van der Waals surface area (Å²) in [6.07, 6.45) is 2.91. The highest BCUT2D eigenvalue weighted by Gasteiger charge is 2.07. The van der Waals surface area contributed by atoms with Gasteiger partial charge in [-0.2, -0.15) is 0 Å². The van der Waals surface area contributed by atoms with Crippen molar-refractivity contribution in [1.29, 1.82) is 0 Å². The lowest BCUT2D eigenvalue weighted by Gasteiger charge is -2.04. The molecule has 4 rings (SSSR count). The van der Waals surface area contributed by atoms with Crippen molar-refractivity contribution >= 4 is 0 Å². The molecule has 0 saturated carbocycles. The van der Waals surface area contributed by atoms with Gasteiger partial charge in [0.05, 0.1) is 0 Å². The molecule has 0 radical (unpaired) electrons. The molecule has 2 aromatic heterocycles. The van der Waals surface area contributed by atoms with Gasteiger partial charge < -0.3 is 13.6 Å². The molecule has 4 aromatic rings. The van der Waals surface area contributed by atoms with Gasteiger partial charge in [0, 0.05) is 11.1 Å². The molecule has 0 fully saturated rings. The van der Waals surface area contributed by atoms with E-state index in [9.17, 15) is 0 Å². The number of hydrogen-bond acceptors (Lipinski definition) is 6. The first-order chi connectivity index (χ1) is 11.9. The Bertz CT molecular complexity index is 900. The average molecular weight is 319 g/mol. The van der Waals surface area contributed by atoms with Crippen LogP contribution in [0.3, 0.4) is 0 Å². The molecule has 0 spiro atoms. The topological polar surface area (TPSA) is 74.2 Å². The van der Waals surface area contributed by atoms with Crippen LogP contribution >= 0.6 is 0 Å².